The SMILES string of the molecule is COc1cc(NC2CC(CO)NN2)nc(N(C)C2C[C@H]3CCC[C@@H](C2)N3C2CCCC2)n1. The number of methoxy groups -OCH3 is 1. The maximum atomic E-state index is 9.36. The van der Waals surface area contributed by atoms with Gasteiger partial charge in [0.2, 0.25) is 11.8 Å². The molecule has 0 spiro atoms. The summed E-state index contributed by atoms with van der Waals surface area (Å²) in [6.07, 6.45) is 12.8. The average molecular weight is 446 g/mol. The van der Waals surface area contributed by atoms with Crippen LogP contribution in [0, 0.1) is 0 Å². The smallest absolute Gasteiger partial charge is 0.230 e. The molecule has 5 rings (SSSR count). The van der Waals surface area contributed by atoms with E-state index in [0.717, 1.165) is 18.3 Å². The van der Waals surface area contributed by atoms with Crippen LogP contribution >= 0.6 is 0 Å². The molecule has 3 aliphatic heterocycles. The zero-order valence-electron chi connectivity index (χ0n) is 19.5. The molecule has 5 atom stereocenters. The van der Waals surface area contributed by atoms with Crippen molar-refractivity contribution in [1.29, 1.82) is 0 Å². The second-order valence-electron chi connectivity index (χ2n) is 10.1. The van der Waals surface area contributed by atoms with Crippen molar-refractivity contribution < 1.29 is 9.84 Å². The first kappa shape index (κ1) is 22.1. The Morgan fingerprint density at radius 3 is 2.44 bits per heavy atom. The molecular weight excluding hydrogens is 406 g/mol. The number of piperidine rings is 2. The van der Waals surface area contributed by atoms with Crippen LogP contribution in [0.15, 0.2) is 6.07 Å². The topological polar surface area (TPSA) is 97.8 Å². The van der Waals surface area contributed by atoms with E-state index >= 15 is 0 Å². The maximum absolute atomic E-state index is 9.36. The van der Waals surface area contributed by atoms with Crippen molar-refractivity contribution >= 4 is 11.8 Å². The van der Waals surface area contributed by atoms with Gasteiger partial charge in [-0.3, -0.25) is 10.3 Å². The molecule has 9 nitrogen and oxygen atoms in total. The molecule has 2 bridgehead atoms. The molecule has 0 amide bonds. The molecule has 0 radical (unpaired) electrons. The third-order valence-corrected chi connectivity index (χ3v) is 8.04. The molecule has 1 aromatic rings. The molecular formula is C23H39N7O2. The Kier molecular flexibility index (Phi) is 6.69. The summed E-state index contributed by atoms with van der Waals surface area (Å²) >= 11 is 0. The predicted octanol–water partition coefficient (Wildman–Crippen LogP) is 1.85. The van der Waals surface area contributed by atoms with Gasteiger partial charge in [0, 0.05) is 49.7 Å². The fourth-order valence-electron chi connectivity index (χ4n) is 6.43. The largest absolute Gasteiger partial charge is 0.481 e. The van der Waals surface area contributed by atoms with Crippen molar-refractivity contribution in [2.75, 3.05) is 31.0 Å². The van der Waals surface area contributed by atoms with Crippen LogP contribution in [0.4, 0.5) is 11.8 Å². The van der Waals surface area contributed by atoms with Crippen molar-refractivity contribution in [2.45, 2.75) is 101 Å². The lowest BCUT2D eigenvalue weighted by Crippen LogP contribution is -2.59. The zero-order chi connectivity index (χ0) is 22.1. The fraction of sp³-hybridized carbons (Fsp3) is 0.826. The van der Waals surface area contributed by atoms with Crippen LogP contribution in [0.1, 0.15) is 64.2 Å². The second-order valence-corrected chi connectivity index (χ2v) is 10.1. The predicted molar refractivity (Wildman–Crippen MR) is 125 cm³/mol. The highest BCUT2D eigenvalue weighted by Gasteiger charge is 2.43. The van der Waals surface area contributed by atoms with Crippen LogP contribution in [-0.4, -0.2) is 77.1 Å². The second kappa shape index (κ2) is 9.67. The van der Waals surface area contributed by atoms with E-state index in [1.165, 1.54) is 57.8 Å². The number of aliphatic hydroxyl groups excluding tert-OH is 1. The van der Waals surface area contributed by atoms with Gasteiger partial charge in [-0.15, -0.1) is 0 Å². The Labute approximate surface area is 191 Å². The molecule has 32 heavy (non-hydrogen) atoms. The monoisotopic (exact) mass is 445 g/mol. The third-order valence-electron chi connectivity index (χ3n) is 8.04. The molecule has 3 unspecified atom stereocenters. The van der Waals surface area contributed by atoms with Crippen LogP contribution in [-0.2, 0) is 0 Å². The van der Waals surface area contributed by atoms with Crippen LogP contribution in [0.3, 0.4) is 0 Å². The third kappa shape index (κ3) is 4.53. The highest BCUT2D eigenvalue weighted by molar-refractivity contribution is 5.47. The molecule has 1 saturated carbocycles. The number of hydrogen-bond donors (Lipinski definition) is 4. The molecule has 4 heterocycles. The van der Waals surface area contributed by atoms with Gasteiger partial charge in [-0.25, -0.2) is 5.43 Å². The molecule has 9 heteroatoms. The van der Waals surface area contributed by atoms with Crippen LogP contribution in [0.2, 0.25) is 0 Å². The number of nitrogens with one attached hydrogen (secondary N) is 3. The van der Waals surface area contributed by atoms with E-state index in [4.69, 9.17) is 9.72 Å². The Morgan fingerprint density at radius 2 is 1.78 bits per heavy atom. The van der Waals surface area contributed by atoms with E-state index in [1.54, 1.807) is 7.11 Å². The van der Waals surface area contributed by atoms with E-state index in [1.807, 2.05) is 6.07 Å². The zero-order valence-corrected chi connectivity index (χ0v) is 19.5. The molecule has 3 saturated heterocycles. The minimum atomic E-state index is -0.00100. The van der Waals surface area contributed by atoms with Crippen molar-refractivity contribution in [1.82, 2.24) is 25.7 Å². The van der Waals surface area contributed by atoms with Gasteiger partial charge >= 0.3 is 0 Å². The van der Waals surface area contributed by atoms with Gasteiger partial charge < -0.3 is 20.1 Å². The minimum Gasteiger partial charge on any atom is -0.481 e. The highest BCUT2D eigenvalue weighted by Crippen LogP contribution is 2.41. The van der Waals surface area contributed by atoms with Gasteiger partial charge in [0.05, 0.1) is 19.9 Å². The van der Waals surface area contributed by atoms with Crippen LogP contribution in [0.5, 0.6) is 5.88 Å². The number of anilines is 2. The lowest BCUT2D eigenvalue weighted by molar-refractivity contribution is -0.00400. The Balaban J connectivity index is 1.30. The number of hydrogen-bond acceptors (Lipinski definition) is 9. The van der Waals surface area contributed by atoms with Crippen molar-refractivity contribution in [3.8, 4) is 5.88 Å². The summed E-state index contributed by atoms with van der Waals surface area (Å²) in [4.78, 5) is 14.7. The molecule has 4 aliphatic rings. The standard InChI is InChI=1S/C23H39N7O2/c1-29(19-11-17-8-5-9-18(12-19)30(17)16-6-3-4-7-16)23-25-20(13-22(26-23)32-2)24-21-10-15(14-31)27-28-21/h13,15-19,21,27-28,31H,3-12,14H2,1-2H3,(H,24,25,26)/t15?,17-,18+,19?,21?. The quantitative estimate of drug-likeness (QED) is 0.501. The number of aromatic nitrogens is 2. The van der Waals surface area contributed by atoms with Gasteiger partial charge in [-0.2, -0.15) is 9.97 Å². The van der Waals surface area contributed by atoms with E-state index in [0.29, 0.717) is 30.0 Å². The molecule has 1 aliphatic carbocycles. The summed E-state index contributed by atoms with van der Waals surface area (Å²) in [7, 11) is 3.79. The van der Waals surface area contributed by atoms with E-state index in [9.17, 15) is 5.11 Å². The number of ether oxygens (including phenoxy) is 1. The van der Waals surface area contributed by atoms with Crippen molar-refractivity contribution in [2.24, 2.45) is 0 Å². The van der Waals surface area contributed by atoms with Crippen LogP contribution < -0.4 is 25.8 Å². The van der Waals surface area contributed by atoms with Gasteiger partial charge in [0.1, 0.15) is 5.82 Å². The lowest BCUT2D eigenvalue weighted by atomic mass is 9.80. The van der Waals surface area contributed by atoms with Gasteiger partial charge in [0.15, 0.2) is 0 Å². The number of rotatable bonds is 7. The summed E-state index contributed by atoms with van der Waals surface area (Å²) in [5.74, 6) is 2.02. The van der Waals surface area contributed by atoms with Gasteiger partial charge in [-0.1, -0.05) is 19.3 Å². The summed E-state index contributed by atoms with van der Waals surface area (Å²) in [6, 6.07) is 4.55. The van der Waals surface area contributed by atoms with Gasteiger partial charge in [-0.05, 0) is 38.5 Å². The molecule has 4 fully saturated rings. The van der Waals surface area contributed by atoms with E-state index in [2.05, 4.69) is 38.0 Å². The van der Waals surface area contributed by atoms with Crippen molar-refractivity contribution in [3.63, 3.8) is 0 Å². The first-order valence-electron chi connectivity index (χ1n) is 12.5. The minimum absolute atomic E-state index is 0.00100. The number of fused-ring (bicyclic) bond motifs is 2. The summed E-state index contributed by atoms with van der Waals surface area (Å²) in [5, 5.41) is 12.8. The number of aliphatic hydroxyl groups is 1. The first-order chi connectivity index (χ1) is 15.6. The highest BCUT2D eigenvalue weighted by atomic mass is 16.5. The Morgan fingerprint density at radius 1 is 1.06 bits per heavy atom. The normalized spacial score (nSPS) is 33.4. The number of hydrazine groups is 1. The van der Waals surface area contributed by atoms with Gasteiger partial charge in [0.25, 0.3) is 0 Å². The average Bonchev–Trinajstić information content (AvgIpc) is 3.49. The van der Waals surface area contributed by atoms with E-state index in [-0.39, 0.29) is 18.8 Å². The first-order valence-corrected chi connectivity index (χ1v) is 12.5. The van der Waals surface area contributed by atoms with E-state index < -0.39 is 0 Å². The lowest BCUT2D eigenvalue weighted by Gasteiger charge is -2.53. The van der Waals surface area contributed by atoms with Crippen LogP contribution in [0.25, 0.3) is 0 Å². The number of nitrogens with zero attached hydrogens (tertiary/aromatic N) is 4. The Hall–Kier alpha value is -1.68. The summed E-state index contributed by atoms with van der Waals surface area (Å²) in [5.41, 5.74) is 6.26. The molecule has 0 aromatic carbocycles. The maximum Gasteiger partial charge on any atom is 0.230 e. The molecule has 1 aromatic heterocycles. The summed E-state index contributed by atoms with van der Waals surface area (Å²) in [6.45, 7) is 0.105. The Bertz CT molecular complexity index is 761. The summed E-state index contributed by atoms with van der Waals surface area (Å²) < 4.78 is 5.50. The molecule has 178 valence electrons. The van der Waals surface area contributed by atoms with Crippen molar-refractivity contribution in [3.05, 3.63) is 6.07 Å². The fourth-order valence-corrected chi connectivity index (χ4v) is 6.43. The molecule has 4 N–H and O–H groups in total.